The maximum atomic E-state index is 13.9. The molecule has 2 amide bonds. The number of halogens is 2. The lowest BCUT2D eigenvalue weighted by atomic mass is 10.2. The Morgan fingerprint density at radius 3 is 2.41 bits per heavy atom. The first kappa shape index (κ1) is 20.8. The molecule has 0 atom stereocenters. The van der Waals surface area contributed by atoms with E-state index in [1.54, 1.807) is 31.2 Å². The second kappa shape index (κ2) is 8.94. The van der Waals surface area contributed by atoms with E-state index in [-0.39, 0.29) is 11.4 Å². The zero-order valence-corrected chi connectivity index (χ0v) is 15.8. The SMILES string of the molecule is CCNS(=O)(=O)c1ccc(F)c(C(=O)NCC(=O)Nc2ccc(Cl)cc2)c1. The van der Waals surface area contributed by atoms with Crippen LogP contribution in [0.1, 0.15) is 17.3 Å². The van der Waals surface area contributed by atoms with E-state index in [0.29, 0.717) is 10.7 Å². The molecule has 0 fully saturated rings. The van der Waals surface area contributed by atoms with Crippen LogP contribution in [0.15, 0.2) is 47.4 Å². The van der Waals surface area contributed by atoms with Crippen LogP contribution in [0.25, 0.3) is 0 Å². The van der Waals surface area contributed by atoms with Gasteiger partial charge in [0.05, 0.1) is 17.0 Å². The fourth-order valence-electron chi connectivity index (χ4n) is 2.11. The molecule has 0 bridgehead atoms. The lowest BCUT2D eigenvalue weighted by molar-refractivity contribution is -0.115. The van der Waals surface area contributed by atoms with Gasteiger partial charge in [-0.05, 0) is 42.5 Å². The van der Waals surface area contributed by atoms with Gasteiger partial charge in [-0.15, -0.1) is 0 Å². The van der Waals surface area contributed by atoms with E-state index in [4.69, 9.17) is 11.6 Å². The van der Waals surface area contributed by atoms with Crippen molar-refractivity contribution in [1.29, 1.82) is 0 Å². The molecule has 0 aromatic heterocycles. The first-order valence-corrected chi connectivity index (χ1v) is 9.72. The Balaban J connectivity index is 2.05. The third kappa shape index (κ3) is 5.75. The van der Waals surface area contributed by atoms with E-state index in [1.165, 1.54) is 0 Å². The molecule has 0 radical (unpaired) electrons. The van der Waals surface area contributed by atoms with Crippen molar-refractivity contribution >= 4 is 39.1 Å². The molecular formula is C17H17ClFN3O4S. The van der Waals surface area contributed by atoms with Crippen molar-refractivity contribution in [2.24, 2.45) is 0 Å². The predicted molar refractivity (Wildman–Crippen MR) is 99.7 cm³/mol. The van der Waals surface area contributed by atoms with Crippen LogP contribution in [-0.4, -0.2) is 33.3 Å². The maximum Gasteiger partial charge on any atom is 0.254 e. The minimum atomic E-state index is -3.85. The Kier molecular flexibility index (Phi) is 6.89. The van der Waals surface area contributed by atoms with E-state index in [9.17, 15) is 22.4 Å². The highest BCUT2D eigenvalue weighted by Crippen LogP contribution is 2.15. The van der Waals surface area contributed by atoms with Crippen molar-refractivity contribution in [3.8, 4) is 0 Å². The van der Waals surface area contributed by atoms with Gasteiger partial charge in [0.2, 0.25) is 15.9 Å². The van der Waals surface area contributed by atoms with Gasteiger partial charge in [-0.1, -0.05) is 18.5 Å². The van der Waals surface area contributed by atoms with Crippen molar-refractivity contribution in [3.05, 3.63) is 58.9 Å². The second-order valence-corrected chi connectivity index (χ2v) is 7.58. The van der Waals surface area contributed by atoms with Crippen LogP contribution >= 0.6 is 11.6 Å². The molecule has 0 aliphatic heterocycles. The van der Waals surface area contributed by atoms with Crippen LogP contribution in [0.2, 0.25) is 5.02 Å². The quantitative estimate of drug-likeness (QED) is 0.646. The monoisotopic (exact) mass is 413 g/mol. The number of sulfonamides is 1. The van der Waals surface area contributed by atoms with Crippen LogP contribution in [0.5, 0.6) is 0 Å². The van der Waals surface area contributed by atoms with Crippen LogP contribution in [0.4, 0.5) is 10.1 Å². The van der Waals surface area contributed by atoms with Gasteiger partial charge in [0.15, 0.2) is 0 Å². The minimum Gasteiger partial charge on any atom is -0.343 e. The summed E-state index contributed by atoms with van der Waals surface area (Å²) in [5.41, 5.74) is -0.00293. The molecule has 10 heteroatoms. The standard InChI is InChI=1S/C17H17ClFN3O4S/c1-2-21-27(25,26)13-7-8-15(19)14(9-13)17(24)20-10-16(23)22-12-5-3-11(18)4-6-12/h3-9,21H,2,10H2,1H3,(H,20,24)(H,22,23). The van der Waals surface area contributed by atoms with Gasteiger partial charge in [-0.3, -0.25) is 9.59 Å². The number of carbonyl (C=O) groups excluding carboxylic acids is 2. The number of benzene rings is 2. The third-order valence-corrected chi connectivity index (χ3v) is 5.16. The van der Waals surface area contributed by atoms with Gasteiger partial charge >= 0.3 is 0 Å². The van der Waals surface area contributed by atoms with Crippen molar-refractivity contribution in [2.45, 2.75) is 11.8 Å². The van der Waals surface area contributed by atoms with Crippen LogP contribution < -0.4 is 15.4 Å². The van der Waals surface area contributed by atoms with E-state index in [2.05, 4.69) is 15.4 Å². The van der Waals surface area contributed by atoms with E-state index < -0.39 is 39.8 Å². The van der Waals surface area contributed by atoms with Crippen molar-refractivity contribution < 1.29 is 22.4 Å². The van der Waals surface area contributed by atoms with Crippen LogP contribution in [0.3, 0.4) is 0 Å². The summed E-state index contributed by atoms with van der Waals surface area (Å²) in [5.74, 6) is -2.35. The fraction of sp³-hybridized carbons (Fsp3) is 0.176. The molecule has 2 aromatic carbocycles. The Morgan fingerprint density at radius 1 is 1.11 bits per heavy atom. The molecule has 0 saturated heterocycles. The molecule has 0 aliphatic carbocycles. The molecule has 0 spiro atoms. The summed E-state index contributed by atoms with van der Waals surface area (Å²) in [6, 6.07) is 9.18. The number of rotatable bonds is 7. The third-order valence-electron chi connectivity index (χ3n) is 3.36. The Morgan fingerprint density at radius 2 is 1.78 bits per heavy atom. The molecule has 3 N–H and O–H groups in total. The molecule has 27 heavy (non-hydrogen) atoms. The molecule has 0 unspecified atom stereocenters. The fourth-order valence-corrected chi connectivity index (χ4v) is 3.31. The molecule has 0 saturated carbocycles. The summed E-state index contributed by atoms with van der Waals surface area (Å²) in [4.78, 5) is 23.8. The van der Waals surface area contributed by atoms with Crippen molar-refractivity contribution in [2.75, 3.05) is 18.4 Å². The molecule has 7 nitrogen and oxygen atoms in total. The van der Waals surface area contributed by atoms with Crippen LogP contribution in [0, 0.1) is 5.82 Å². The highest BCUT2D eigenvalue weighted by Gasteiger charge is 2.19. The summed E-state index contributed by atoms with van der Waals surface area (Å²) in [6.07, 6.45) is 0. The largest absolute Gasteiger partial charge is 0.343 e. The number of carbonyl (C=O) groups is 2. The summed E-state index contributed by atoms with van der Waals surface area (Å²) in [5, 5.41) is 5.28. The normalized spacial score (nSPS) is 11.1. The highest BCUT2D eigenvalue weighted by atomic mass is 35.5. The number of hydrogen-bond donors (Lipinski definition) is 3. The molecular weight excluding hydrogens is 397 g/mol. The highest BCUT2D eigenvalue weighted by molar-refractivity contribution is 7.89. The van der Waals surface area contributed by atoms with Gasteiger partial charge in [0.1, 0.15) is 5.82 Å². The van der Waals surface area contributed by atoms with Gasteiger partial charge in [-0.2, -0.15) is 0 Å². The van der Waals surface area contributed by atoms with Crippen molar-refractivity contribution in [3.63, 3.8) is 0 Å². The summed E-state index contributed by atoms with van der Waals surface area (Å²) in [6.45, 7) is 1.31. The predicted octanol–water partition coefficient (Wildman–Crippen LogP) is 2.15. The summed E-state index contributed by atoms with van der Waals surface area (Å²) >= 11 is 5.75. The van der Waals surface area contributed by atoms with E-state index >= 15 is 0 Å². The lowest BCUT2D eigenvalue weighted by Gasteiger charge is -2.10. The topological polar surface area (TPSA) is 104 Å². The Hall–Kier alpha value is -2.49. The van der Waals surface area contributed by atoms with E-state index in [1.807, 2.05) is 0 Å². The van der Waals surface area contributed by atoms with Crippen molar-refractivity contribution in [1.82, 2.24) is 10.0 Å². The average Bonchev–Trinajstić information content (AvgIpc) is 2.62. The molecule has 2 rings (SSSR count). The zero-order chi connectivity index (χ0) is 20.0. The van der Waals surface area contributed by atoms with Gasteiger partial charge in [-0.25, -0.2) is 17.5 Å². The number of amides is 2. The smallest absolute Gasteiger partial charge is 0.254 e. The number of anilines is 1. The second-order valence-electron chi connectivity index (χ2n) is 5.38. The Bertz CT molecular complexity index is 949. The van der Waals surface area contributed by atoms with Crippen LogP contribution in [-0.2, 0) is 14.8 Å². The maximum absolute atomic E-state index is 13.9. The Labute approximate surface area is 161 Å². The first-order chi connectivity index (χ1) is 12.7. The van der Waals surface area contributed by atoms with Gasteiger partial charge < -0.3 is 10.6 Å². The summed E-state index contributed by atoms with van der Waals surface area (Å²) < 4.78 is 40.1. The molecule has 0 heterocycles. The molecule has 144 valence electrons. The number of nitrogens with one attached hydrogen (secondary N) is 3. The average molecular weight is 414 g/mol. The zero-order valence-electron chi connectivity index (χ0n) is 14.3. The van der Waals surface area contributed by atoms with Gasteiger partial charge in [0, 0.05) is 17.3 Å². The molecule has 0 aliphatic rings. The van der Waals surface area contributed by atoms with E-state index in [0.717, 1.165) is 18.2 Å². The summed E-state index contributed by atoms with van der Waals surface area (Å²) in [7, 11) is -3.85. The molecule has 2 aromatic rings. The van der Waals surface area contributed by atoms with Gasteiger partial charge in [0.25, 0.3) is 5.91 Å². The number of hydrogen-bond acceptors (Lipinski definition) is 4. The first-order valence-electron chi connectivity index (χ1n) is 7.85. The lowest BCUT2D eigenvalue weighted by Crippen LogP contribution is -2.33. The minimum absolute atomic E-state index is 0.145.